The lowest BCUT2D eigenvalue weighted by Crippen LogP contribution is -2.04. The molecule has 0 amide bonds. The fraction of sp³-hybridized carbons (Fsp3) is 0.182. The van der Waals surface area contributed by atoms with Crippen LogP contribution in [0, 0.1) is 6.20 Å². The molecule has 1 unspecified atom stereocenters. The first-order valence-electron chi connectivity index (χ1n) is 4.56. The molecule has 0 bridgehead atoms. The standard InChI is InChI=1S/C11H10NO3S/c1-14-9-4-3-8(7-10(9)15-2)11-12-5-6-16(11)13/h3-4,6-7H,1-2H3/q-1. The predicted octanol–water partition coefficient (Wildman–Crippen LogP) is 1.49. The number of hydrogen-bond donors (Lipinski definition) is 0. The number of nitrogens with zero attached hydrogens (tertiary/aromatic N) is 1. The Balaban J connectivity index is 2.41. The van der Waals surface area contributed by atoms with Crippen molar-refractivity contribution in [3.8, 4) is 11.5 Å². The Labute approximate surface area is 96.1 Å². The van der Waals surface area contributed by atoms with Gasteiger partial charge in [-0.1, -0.05) is 17.0 Å². The summed E-state index contributed by atoms with van der Waals surface area (Å²) < 4.78 is 21.8. The minimum atomic E-state index is -1.21. The number of methoxy groups -OCH3 is 2. The van der Waals surface area contributed by atoms with Gasteiger partial charge in [0, 0.05) is 0 Å². The average molecular weight is 236 g/mol. The van der Waals surface area contributed by atoms with Crippen LogP contribution < -0.4 is 9.47 Å². The first-order valence-corrected chi connectivity index (χ1v) is 5.77. The Kier molecular flexibility index (Phi) is 3.05. The molecular formula is C11H10NO3S-. The molecule has 0 aromatic heterocycles. The molecule has 0 spiro atoms. The lowest BCUT2D eigenvalue weighted by atomic mass is 10.2. The molecule has 1 aromatic rings. The molecule has 4 nitrogen and oxygen atoms in total. The van der Waals surface area contributed by atoms with E-state index in [2.05, 4.69) is 11.2 Å². The molecule has 0 saturated heterocycles. The van der Waals surface area contributed by atoms with Gasteiger partial charge in [0.1, 0.15) is 0 Å². The minimum absolute atomic E-state index is 0.487. The smallest absolute Gasteiger partial charge is 0.160 e. The van der Waals surface area contributed by atoms with Crippen molar-refractivity contribution in [3.63, 3.8) is 0 Å². The molecule has 16 heavy (non-hydrogen) atoms. The Morgan fingerprint density at radius 2 is 2.00 bits per heavy atom. The van der Waals surface area contributed by atoms with E-state index in [1.165, 1.54) is 5.41 Å². The van der Waals surface area contributed by atoms with E-state index in [1.54, 1.807) is 32.4 Å². The molecule has 1 heterocycles. The first kappa shape index (κ1) is 10.9. The van der Waals surface area contributed by atoms with Crippen LogP contribution >= 0.6 is 0 Å². The van der Waals surface area contributed by atoms with Gasteiger partial charge in [0.2, 0.25) is 0 Å². The van der Waals surface area contributed by atoms with Crippen LogP contribution in [0.25, 0.3) is 0 Å². The third-order valence-corrected chi connectivity index (χ3v) is 3.17. The number of rotatable bonds is 3. The van der Waals surface area contributed by atoms with Crippen molar-refractivity contribution in [1.82, 2.24) is 0 Å². The number of aliphatic imine (C=N–C) groups is 1. The summed E-state index contributed by atoms with van der Waals surface area (Å²) in [6.07, 6.45) is 2.58. The fourth-order valence-electron chi connectivity index (χ4n) is 1.38. The first-order chi connectivity index (χ1) is 7.76. The quantitative estimate of drug-likeness (QED) is 0.747. The monoisotopic (exact) mass is 236 g/mol. The Hall–Kier alpha value is -1.62. The summed E-state index contributed by atoms with van der Waals surface area (Å²) in [6.45, 7) is 0. The highest BCUT2D eigenvalue weighted by molar-refractivity contribution is 8.04. The highest BCUT2D eigenvalue weighted by Crippen LogP contribution is 2.28. The second-order valence-corrected chi connectivity index (χ2v) is 4.25. The summed E-state index contributed by atoms with van der Waals surface area (Å²) in [7, 11) is 1.91. The molecule has 0 saturated carbocycles. The number of hydrogen-bond acceptors (Lipinski definition) is 4. The summed E-state index contributed by atoms with van der Waals surface area (Å²) in [5.74, 6) is 1.22. The van der Waals surface area contributed by atoms with E-state index in [-0.39, 0.29) is 0 Å². The highest BCUT2D eigenvalue weighted by Gasteiger charge is 2.07. The second-order valence-electron chi connectivity index (χ2n) is 3.03. The molecule has 0 radical (unpaired) electrons. The van der Waals surface area contributed by atoms with E-state index in [1.807, 2.05) is 0 Å². The van der Waals surface area contributed by atoms with Crippen molar-refractivity contribution in [3.05, 3.63) is 35.4 Å². The van der Waals surface area contributed by atoms with Crippen molar-refractivity contribution in [2.75, 3.05) is 14.2 Å². The third kappa shape index (κ3) is 1.86. The highest BCUT2D eigenvalue weighted by atomic mass is 32.2. The topological polar surface area (TPSA) is 47.9 Å². The predicted molar refractivity (Wildman–Crippen MR) is 62.0 cm³/mol. The molecule has 1 aliphatic heterocycles. The molecule has 2 rings (SSSR count). The fourth-order valence-corrected chi connectivity index (χ4v) is 2.15. The lowest BCUT2D eigenvalue weighted by Gasteiger charge is -2.12. The maximum Gasteiger partial charge on any atom is 0.160 e. The van der Waals surface area contributed by atoms with E-state index in [9.17, 15) is 4.21 Å². The van der Waals surface area contributed by atoms with E-state index in [0.717, 1.165) is 5.56 Å². The van der Waals surface area contributed by atoms with Crippen molar-refractivity contribution in [1.29, 1.82) is 0 Å². The van der Waals surface area contributed by atoms with Crippen LogP contribution in [-0.2, 0) is 10.8 Å². The third-order valence-electron chi connectivity index (χ3n) is 2.15. The van der Waals surface area contributed by atoms with Gasteiger partial charge >= 0.3 is 0 Å². The molecule has 5 heteroatoms. The number of benzene rings is 1. The Morgan fingerprint density at radius 1 is 1.25 bits per heavy atom. The van der Waals surface area contributed by atoms with Crippen molar-refractivity contribution in [2.24, 2.45) is 4.99 Å². The van der Waals surface area contributed by atoms with Gasteiger partial charge in [-0.3, -0.25) is 4.21 Å². The van der Waals surface area contributed by atoms with Crippen LogP contribution in [0.15, 0.2) is 28.6 Å². The van der Waals surface area contributed by atoms with Gasteiger partial charge in [-0.05, 0) is 28.0 Å². The summed E-state index contributed by atoms with van der Waals surface area (Å²) in [5, 5.41) is 1.91. The second kappa shape index (κ2) is 4.49. The molecule has 0 fully saturated rings. The Bertz CT molecular complexity index is 494. The molecule has 1 aliphatic rings. The minimum Gasteiger partial charge on any atom is -0.493 e. The normalized spacial score (nSPS) is 18.4. The average Bonchev–Trinajstić information content (AvgIpc) is 2.74. The summed E-state index contributed by atoms with van der Waals surface area (Å²) in [4.78, 5) is 3.93. The molecule has 1 atom stereocenters. The van der Waals surface area contributed by atoms with Crippen LogP contribution in [0.3, 0.4) is 0 Å². The van der Waals surface area contributed by atoms with E-state index in [0.29, 0.717) is 16.5 Å². The van der Waals surface area contributed by atoms with E-state index >= 15 is 0 Å². The van der Waals surface area contributed by atoms with Gasteiger partial charge in [0.15, 0.2) is 11.5 Å². The zero-order valence-corrected chi connectivity index (χ0v) is 9.71. The van der Waals surface area contributed by atoms with Gasteiger partial charge in [-0.25, -0.2) is 0 Å². The lowest BCUT2D eigenvalue weighted by molar-refractivity contribution is 0.355. The summed E-state index contributed by atoms with van der Waals surface area (Å²) in [5.41, 5.74) is 0.747. The zero-order valence-electron chi connectivity index (χ0n) is 8.89. The van der Waals surface area contributed by atoms with Crippen LogP contribution in [-0.4, -0.2) is 23.5 Å². The van der Waals surface area contributed by atoms with Crippen molar-refractivity contribution >= 4 is 15.8 Å². The molecule has 1 aromatic carbocycles. The zero-order chi connectivity index (χ0) is 11.5. The molecule has 0 N–H and O–H groups in total. The van der Waals surface area contributed by atoms with E-state index < -0.39 is 10.8 Å². The molecular weight excluding hydrogens is 226 g/mol. The van der Waals surface area contributed by atoms with Gasteiger partial charge in [0.05, 0.1) is 14.2 Å². The summed E-state index contributed by atoms with van der Waals surface area (Å²) >= 11 is 0. The van der Waals surface area contributed by atoms with Crippen LogP contribution in [0.5, 0.6) is 11.5 Å². The summed E-state index contributed by atoms with van der Waals surface area (Å²) in [6, 6.07) is 5.29. The largest absolute Gasteiger partial charge is 0.493 e. The van der Waals surface area contributed by atoms with Gasteiger partial charge < -0.3 is 14.5 Å². The molecule has 84 valence electrons. The van der Waals surface area contributed by atoms with E-state index in [4.69, 9.17) is 9.47 Å². The maximum absolute atomic E-state index is 11.5. The van der Waals surface area contributed by atoms with Gasteiger partial charge in [-0.2, -0.15) is 0 Å². The van der Waals surface area contributed by atoms with Crippen LogP contribution in [0.1, 0.15) is 5.56 Å². The van der Waals surface area contributed by atoms with Gasteiger partial charge in [0.25, 0.3) is 0 Å². The van der Waals surface area contributed by atoms with Crippen molar-refractivity contribution in [2.45, 2.75) is 0 Å². The van der Waals surface area contributed by atoms with Crippen LogP contribution in [0.2, 0.25) is 0 Å². The van der Waals surface area contributed by atoms with Crippen LogP contribution in [0.4, 0.5) is 0 Å². The van der Waals surface area contributed by atoms with Gasteiger partial charge in [-0.15, -0.1) is 6.20 Å². The van der Waals surface area contributed by atoms with Crippen molar-refractivity contribution < 1.29 is 13.7 Å². The Morgan fingerprint density at radius 3 is 2.56 bits per heavy atom. The maximum atomic E-state index is 11.5. The number of ether oxygens (including phenoxy) is 2. The molecule has 0 aliphatic carbocycles. The SMILES string of the molecule is COc1ccc(C2=N[C-]=CS2=O)cc1OC.